The molecule has 1 aliphatic rings. The number of rotatable bonds is 6. The molecule has 32 heavy (non-hydrogen) atoms. The Morgan fingerprint density at radius 1 is 1.22 bits per heavy atom. The van der Waals surface area contributed by atoms with E-state index in [9.17, 15) is 4.79 Å². The minimum atomic E-state index is -0.495. The summed E-state index contributed by atoms with van der Waals surface area (Å²) in [6.07, 6.45) is 2.41. The lowest BCUT2D eigenvalue weighted by atomic mass is 10.00. The number of amides is 1. The van der Waals surface area contributed by atoms with Gasteiger partial charge in [0.05, 0.1) is 6.61 Å². The molecule has 7 nitrogen and oxygen atoms in total. The van der Waals surface area contributed by atoms with Crippen molar-refractivity contribution >= 4 is 11.8 Å². The van der Waals surface area contributed by atoms with Gasteiger partial charge < -0.3 is 25.0 Å². The Morgan fingerprint density at radius 3 is 2.66 bits per heavy atom. The molecule has 0 radical (unpaired) electrons. The summed E-state index contributed by atoms with van der Waals surface area (Å²) in [6.45, 7) is 12.8. The molecule has 174 valence electrons. The molecular weight excluding hydrogens is 404 g/mol. The lowest BCUT2D eigenvalue weighted by Gasteiger charge is -2.43. The third-order valence-electron chi connectivity index (χ3n) is 5.58. The van der Waals surface area contributed by atoms with Gasteiger partial charge in [0.25, 0.3) is 0 Å². The number of piperazine rings is 1. The van der Waals surface area contributed by atoms with E-state index in [4.69, 9.17) is 15.2 Å². The average Bonchev–Trinajstić information content (AvgIpc) is 2.77. The van der Waals surface area contributed by atoms with Gasteiger partial charge in [-0.15, -0.1) is 0 Å². The van der Waals surface area contributed by atoms with Crippen molar-refractivity contribution in [2.45, 2.75) is 59.2 Å². The van der Waals surface area contributed by atoms with Gasteiger partial charge in [-0.25, -0.2) is 9.78 Å². The molecule has 0 aliphatic carbocycles. The Labute approximate surface area is 191 Å². The summed E-state index contributed by atoms with van der Waals surface area (Å²) in [5, 5.41) is 0. The highest BCUT2D eigenvalue weighted by molar-refractivity contribution is 5.73. The van der Waals surface area contributed by atoms with Crippen LogP contribution in [0.3, 0.4) is 0 Å². The Kier molecular flexibility index (Phi) is 7.61. The molecule has 1 aromatic carbocycles. The summed E-state index contributed by atoms with van der Waals surface area (Å²) in [6, 6.07) is 10.5. The first-order valence-corrected chi connectivity index (χ1v) is 11.4. The predicted molar refractivity (Wildman–Crippen MR) is 128 cm³/mol. The van der Waals surface area contributed by atoms with Gasteiger partial charge in [0.1, 0.15) is 5.60 Å². The molecule has 7 heteroatoms. The van der Waals surface area contributed by atoms with Gasteiger partial charge in [0.2, 0.25) is 5.88 Å². The number of ether oxygens (including phenoxy) is 2. The topological polar surface area (TPSA) is 80.9 Å². The zero-order valence-electron chi connectivity index (χ0n) is 19.9. The van der Waals surface area contributed by atoms with E-state index in [0.29, 0.717) is 32.1 Å². The van der Waals surface area contributed by atoms with Crippen LogP contribution in [0, 0.1) is 0 Å². The second-order valence-corrected chi connectivity index (χ2v) is 9.02. The largest absolute Gasteiger partial charge is 0.478 e. The molecule has 0 saturated carbocycles. The number of nitrogens with zero attached hydrogens (tertiary/aromatic N) is 3. The lowest BCUT2D eigenvalue weighted by Crippen LogP contribution is -2.55. The lowest BCUT2D eigenvalue weighted by molar-refractivity contribution is 0.0213. The van der Waals surface area contributed by atoms with E-state index in [0.717, 1.165) is 35.3 Å². The van der Waals surface area contributed by atoms with Crippen LogP contribution in [0.25, 0.3) is 11.1 Å². The van der Waals surface area contributed by atoms with Crippen molar-refractivity contribution in [1.82, 2.24) is 9.88 Å². The molecule has 2 heterocycles. The van der Waals surface area contributed by atoms with Crippen LogP contribution in [0.1, 0.15) is 46.6 Å². The summed E-state index contributed by atoms with van der Waals surface area (Å²) < 4.78 is 11.3. The predicted octanol–water partition coefficient (Wildman–Crippen LogP) is 4.44. The Hall–Kier alpha value is -2.80. The first-order valence-electron chi connectivity index (χ1n) is 11.4. The van der Waals surface area contributed by atoms with Crippen LogP contribution in [0.2, 0.25) is 0 Å². The SMILES string of the molecule is CCOc1ncccc1-c1ccc(N2CCN(C(=O)OC(C)(C)C)C[C@H]2CC)c(CN)c1. The highest BCUT2D eigenvalue weighted by Crippen LogP contribution is 2.34. The maximum absolute atomic E-state index is 12.6. The smallest absolute Gasteiger partial charge is 0.410 e. The van der Waals surface area contributed by atoms with Crippen molar-refractivity contribution in [3.63, 3.8) is 0 Å². The quantitative estimate of drug-likeness (QED) is 0.715. The van der Waals surface area contributed by atoms with E-state index >= 15 is 0 Å². The van der Waals surface area contributed by atoms with Crippen LogP contribution < -0.4 is 15.4 Å². The third kappa shape index (κ3) is 5.51. The van der Waals surface area contributed by atoms with Crippen LogP contribution in [0.5, 0.6) is 5.88 Å². The fourth-order valence-corrected chi connectivity index (χ4v) is 4.07. The normalized spacial score (nSPS) is 16.8. The standard InChI is InChI=1S/C25H36N4O3/c1-6-20-17-28(24(30)32-25(3,4)5)13-14-29(20)22-11-10-18(15-19(22)16-26)21-9-8-12-27-23(21)31-7-2/h8-12,15,20H,6-7,13-14,16-17,26H2,1-5H3/t20-/m1/s1. The van der Waals surface area contributed by atoms with Crippen LogP contribution in [0.4, 0.5) is 10.5 Å². The molecular formula is C25H36N4O3. The summed E-state index contributed by atoms with van der Waals surface area (Å²) in [5.74, 6) is 0.628. The molecule has 2 aromatic rings. The van der Waals surface area contributed by atoms with Crippen LogP contribution in [0.15, 0.2) is 36.5 Å². The molecule has 1 amide bonds. The molecule has 0 unspecified atom stereocenters. The maximum atomic E-state index is 12.6. The minimum absolute atomic E-state index is 0.199. The summed E-state index contributed by atoms with van der Waals surface area (Å²) in [7, 11) is 0. The zero-order chi connectivity index (χ0) is 23.3. The molecule has 2 N–H and O–H groups in total. The van der Waals surface area contributed by atoms with Crippen LogP contribution in [-0.2, 0) is 11.3 Å². The van der Waals surface area contributed by atoms with Gasteiger partial charge in [-0.2, -0.15) is 0 Å². The maximum Gasteiger partial charge on any atom is 0.410 e. The fraction of sp³-hybridized carbons (Fsp3) is 0.520. The van der Waals surface area contributed by atoms with Gasteiger partial charge >= 0.3 is 6.09 Å². The number of hydrogen-bond donors (Lipinski definition) is 1. The Bertz CT molecular complexity index is 926. The second-order valence-electron chi connectivity index (χ2n) is 9.02. The van der Waals surface area contributed by atoms with Crippen molar-refractivity contribution in [2.24, 2.45) is 5.73 Å². The number of hydrogen-bond acceptors (Lipinski definition) is 6. The molecule has 3 rings (SSSR count). The number of nitrogens with two attached hydrogens (primary N) is 1. The first-order chi connectivity index (χ1) is 15.3. The summed E-state index contributed by atoms with van der Waals surface area (Å²) in [5.41, 5.74) is 9.86. The zero-order valence-corrected chi connectivity index (χ0v) is 19.9. The van der Waals surface area contributed by atoms with Crippen molar-refractivity contribution < 1.29 is 14.3 Å². The van der Waals surface area contributed by atoms with Crippen molar-refractivity contribution in [3.8, 4) is 17.0 Å². The van der Waals surface area contributed by atoms with Gasteiger partial charge in [0, 0.05) is 49.7 Å². The number of aromatic nitrogens is 1. The third-order valence-corrected chi connectivity index (χ3v) is 5.58. The Morgan fingerprint density at radius 2 is 2.00 bits per heavy atom. The number of carbonyl (C=O) groups is 1. The van der Waals surface area contributed by atoms with Crippen LogP contribution >= 0.6 is 0 Å². The molecule has 1 aliphatic heterocycles. The van der Waals surface area contributed by atoms with E-state index in [1.165, 1.54) is 0 Å². The van der Waals surface area contributed by atoms with E-state index < -0.39 is 5.60 Å². The highest BCUT2D eigenvalue weighted by Gasteiger charge is 2.32. The number of carbonyl (C=O) groups excluding carboxylic acids is 1. The summed E-state index contributed by atoms with van der Waals surface area (Å²) >= 11 is 0. The first kappa shape index (κ1) is 23.9. The second kappa shape index (κ2) is 10.2. The van der Waals surface area contributed by atoms with E-state index in [2.05, 4.69) is 35.0 Å². The number of benzene rings is 1. The van der Waals surface area contributed by atoms with Gasteiger partial charge in [0.15, 0.2) is 0 Å². The van der Waals surface area contributed by atoms with E-state index in [1.807, 2.05) is 44.7 Å². The molecule has 1 atom stereocenters. The van der Waals surface area contributed by atoms with Gasteiger partial charge in [-0.3, -0.25) is 0 Å². The van der Waals surface area contributed by atoms with Crippen LogP contribution in [-0.4, -0.2) is 53.9 Å². The number of pyridine rings is 1. The van der Waals surface area contributed by atoms with Crippen molar-refractivity contribution in [3.05, 3.63) is 42.1 Å². The highest BCUT2D eigenvalue weighted by atomic mass is 16.6. The number of anilines is 1. The van der Waals surface area contributed by atoms with Gasteiger partial charge in [-0.05, 0) is 69.5 Å². The van der Waals surface area contributed by atoms with Crippen molar-refractivity contribution in [2.75, 3.05) is 31.1 Å². The van der Waals surface area contributed by atoms with E-state index in [-0.39, 0.29) is 12.1 Å². The van der Waals surface area contributed by atoms with Gasteiger partial charge in [-0.1, -0.05) is 13.0 Å². The molecule has 0 bridgehead atoms. The minimum Gasteiger partial charge on any atom is -0.478 e. The monoisotopic (exact) mass is 440 g/mol. The molecule has 1 saturated heterocycles. The van der Waals surface area contributed by atoms with E-state index in [1.54, 1.807) is 6.20 Å². The fourth-order valence-electron chi connectivity index (χ4n) is 4.07. The molecule has 0 spiro atoms. The molecule has 1 fully saturated rings. The molecule has 1 aromatic heterocycles. The van der Waals surface area contributed by atoms with Crippen molar-refractivity contribution in [1.29, 1.82) is 0 Å². The Balaban J connectivity index is 1.84. The average molecular weight is 441 g/mol. The summed E-state index contributed by atoms with van der Waals surface area (Å²) in [4.78, 5) is 21.1.